The van der Waals surface area contributed by atoms with E-state index in [1.165, 1.54) is 76.5 Å². The third-order valence-corrected chi connectivity index (χ3v) is 7.55. The van der Waals surface area contributed by atoms with Gasteiger partial charge in [0.1, 0.15) is 0 Å². The summed E-state index contributed by atoms with van der Waals surface area (Å²) in [5.74, 6) is 0. The molecule has 0 spiro atoms. The van der Waals surface area contributed by atoms with Gasteiger partial charge in [-0.25, -0.2) is 0 Å². The van der Waals surface area contributed by atoms with Gasteiger partial charge < -0.3 is 0 Å². The molecule has 6 rings (SSSR count). The second-order valence-corrected chi connectivity index (χ2v) is 10.0. The molecule has 0 fully saturated rings. The van der Waals surface area contributed by atoms with Gasteiger partial charge in [0.05, 0.1) is 0 Å². The monoisotopic (exact) mass is 462 g/mol. The molecule has 0 nitrogen and oxygen atoms in total. The first-order chi connectivity index (χ1) is 17.5. The van der Waals surface area contributed by atoms with Crippen LogP contribution >= 0.6 is 0 Å². The van der Waals surface area contributed by atoms with E-state index in [1.54, 1.807) is 0 Å². The molecule has 0 aromatic heterocycles. The van der Waals surface area contributed by atoms with Crippen LogP contribution in [0.4, 0.5) is 0 Å². The van der Waals surface area contributed by atoms with Crippen LogP contribution in [0.5, 0.6) is 0 Å². The maximum absolute atomic E-state index is 4.28. The Morgan fingerprint density at radius 3 is 1.97 bits per heavy atom. The molecule has 0 amide bonds. The van der Waals surface area contributed by atoms with Crippen LogP contribution in [-0.2, 0) is 0 Å². The zero-order valence-electron chi connectivity index (χ0n) is 21.4. The van der Waals surface area contributed by atoms with Gasteiger partial charge >= 0.3 is 0 Å². The molecule has 6 aromatic carbocycles. The van der Waals surface area contributed by atoms with Gasteiger partial charge in [0.15, 0.2) is 0 Å². The fourth-order valence-corrected chi connectivity index (χ4v) is 5.84. The third-order valence-electron chi connectivity index (χ3n) is 7.55. The molecule has 0 aliphatic heterocycles. The Bertz CT molecular complexity index is 1880. The summed E-state index contributed by atoms with van der Waals surface area (Å²) in [6.07, 6.45) is 2.19. The fourth-order valence-electron chi connectivity index (χ4n) is 5.84. The van der Waals surface area contributed by atoms with Gasteiger partial charge in [-0.2, -0.15) is 0 Å². The van der Waals surface area contributed by atoms with Gasteiger partial charge in [-0.05, 0) is 117 Å². The van der Waals surface area contributed by atoms with Crippen molar-refractivity contribution >= 4 is 48.7 Å². The molecule has 0 radical (unpaired) electrons. The molecule has 0 heteroatoms. The summed E-state index contributed by atoms with van der Waals surface area (Å²) in [4.78, 5) is 0. The Hall–Kier alpha value is -4.16. The summed E-state index contributed by atoms with van der Waals surface area (Å²) in [6.45, 7) is 12.9. The van der Waals surface area contributed by atoms with Crippen LogP contribution in [-0.4, -0.2) is 0 Å². The second kappa shape index (κ2) is 8.50. The quantitative estimate of drug-likeness (QED) is 0.181. The maximum atomic E-state index is 4.28. The van der Waals surface area contributed by atoms with Crippen LogP contribution < -0.4 is 0 Å². The van der Waals surface area contributed by atoms with Crippen LogP contribution in [0.1, 0.15) is 30.5 Å². The van der Waals surface area contributed by atoms with Crippen LogP contribution in [0.15, 0.2) is 109 Å². The van der Waals surface area contributed by atoms with Crippen molar-refractivity contribution in [3.8, 4) is 11.1 Å². The molecule has 36 heavy (non-hydrogen) atoms. The lowest BCUT2D eigenvalue weighted by Crippen LogP contribution is -1.94. The van der Waals surface area contributed by atoms with Gasteiger partial charge in [0.25, 0.3) is 0 Å². The first-order valence-corrected chi connectivity index (χ1v) is 12.7. The third kappa shape index (κ3) is 3.45. The van der Waals surface area contributed by atoms with E-state index in [1.807, 2.05) is 0 Å². The van der Waals surface area contributed by atoms with Crippen molar-refractivity contribution in [2.75, 3.05) is 0 Å². The molecule has 0 N–H and O–H groups in total. The summed E-state index contributed by atoms with van der Waals surface area (Å²) < 4.78 is 0. The van der Waals surface area contributed by atoms with Gasteiger partial charge in [-0.1, -0.05) is 96.6 Å². The van der Waals surface area contributed by atoms with Crippen molar-refractivity contribution in [2.45, 2.75) is 27.7 Å². The average molecular weight is 463 g/mol. The van der Waals surface area contributed by atoms with Gasteiger partial charge in [0.2, 0.25) is 0 Å². The van der Waals surface area contributed by atoms with Crippen molar-refractivity contribution < 1.29 is 0 Å². The van der Waals surface area contributed by atoms with E-state index in [0.717, 1.165) is 5.57 Å². The van der Waals surface area contributed by atoms with E-state index < -0.39 is 0 Å². The molecule has 0 aliphatic rings. The predicted molar refractivity (Wildman–Crippen MR) is 160 cm³/mol. The van der Waals surface area contributed by atoms with Crippen LogP contribution in [0.25, 0.3) is 59.8 Å². The molecule has 174 valence electrons. The molecule has 0 aliphatic carbocycles. The largest absolute Gasteiger partial charge is 0.0955 e. The van der Waals surface area contributed by atoms with Gasteiger partial charge in [-0.3, -0.25) is 0 Å². The number of hydrogen-bond donors (Lipinski definition) is 0. The Labute approximate surface area is 213 Å². The topological polar surface area (TPSA) is 0 Å². The van der Waals surface area contributed by atoms with Crippen LogP contribution in [0, 0.1) is 13.8 Å². The SMILES string of the molecule is C=C(C)C(=CC)c1cc2ccccc2c2cc(-c3cc4ccccc4c4ccc(C)cc34)c(C)cc12. The van der Waals surface area contributed by atoms with Crippen LogP contribution in [0.2, 0.25) is 0 Å². The molecule has 0 unspecified atom stereocenters. The minimum Gasteiger partial charge on any atom is -0.0955 e. The molecule has 0 saturated carbocycles. The number of hydrogen-bond acceptors (Lipinski definition) is 0. The summed E-state index contributed by atoms with van der Waals surface area (Å²) in [6, 6.07) is 33.8. The summed E-state index contributed by atoms with van der Waals surface area (Å²) >= 11 is 0. The zero-order valence-corrected chi connectivity index (χ0v) is 21.4. The predicted octanol–water partition coefficient (Wildman–Crippen LogP) is 10.6. The maximum Gasteiger partial charge on any atom is -0.00928 e. The fraction of sp³-hybridized carbons (Fsp3) is 0.111. The number of allylic oxidation sites excluding steroid dienone is 3. The van der Waals surface area contributed by atoms with E-state index in [0.29, 0.717) is 0 Å². The highest BCUT2D eigenvalue weighted by Gasteiger charge is 2.16. The second-order valence-electron chi connectivity index (χ2n) is 10.0. The number of rotatable bonds is 3. The Morgan fingerprint density at radius 1 is 0.611 bits per heavy atom. The lowest BCUT2D eigenvalue weighted by atomic mass is 9.85. The standard InChI is InChI=1S/C36H30/c1-6-27(22(2)3)34-19-26-12-8-10-14-29(26)36-21-31(24(5)18-33(34)36)35-20-25-11-7-9-13-28(25)30-16-15-23(4)17-32(30)35/h6-21H,2H2,1,3-5H3. The molecule has 0 atom stereocenters. The normalized spacial score (nSPS) is 12.2. The van der Waals surface area contributed by atoms with Crippen molar-refractivity contribution in [2.24, 2.45) is 0 Å². The summed E-state index contributed by atoms with van der Waals surface area (Å²) in [5.41, 5.74) is 8.72. The van der Waals surface area contributed by atoms with Gasteiger partial charge in [0, 0.05) is 0 Å². The zero-order chi connectivity index (χ0) is 25.0. The van der Waals surface area contributed by atoms with Gasteiger partial charge in [-0.15, -0.1) is 0 Å². The Kier molecular flexibility index (Phi) is 5.27. The Morgan fingerprint density at radius 2 is 1.28 bits per heavy atom. The highest BCUT2D eigenvalue weighted by atomic mass is 14.2. The molecule has 0 bridgehead atoms. The minimum absolute atomic E-state index is 1.09. The molecular formula is C36H30. The first-order valence-electron chi connectivity index (χ1n) is 12.7. The van der Waals surface area contributed by atoms with E-state index in [9.17, 15) is 0 Å². The van der Waals surface area contributed by atoms with E-state index in [2.05, 4.69) is 131 Å². The average Bonchev–Trinajstić information content (AvgIpc) is 2.88. The smallest absolute Gasteiger partial charge is 0.00928 e. The first kappa shape index (κ1) is 22.3. The minimum atomic E-state index is 1.09. The molecule has 0 heterocycles. The van der Waals surface area contributed by atoms with Crippen molar-refractivity contribution in [3.63, 3.8) is 0 Å². The van der Waals surface area contributed by atoms with E-state index in [-0.39, 0.29) is 0 Å². The summed E-state index contributed by atoms with van der Waals surface area (Å²) in [5, 5.41) is 10.3. The lowest BCUT2D eigenvalue weighted by molar-refractivity contribution is 1.48. The highest BCUT2D eigenvalue weighted by molar-refractivity contribution is 6.17. The van der Waals surface area contributed by atoms with E-state index >= 15 is 0 Å². The highest BCUT2D eigenvalue weighted by Crippen LogP contribution is 2.41. The number of benzene rings is 6. The molecule has 0 saturated heterocycles. The van der Waals surface area contributed by atoms with Crippen molar-refractivity contribution in [1.29, 1.82) is 0 Å². The molecule has 6 aromatic rings. The summed E-state index contributed by atoms with van der Waals surface area (Å²) in [7, 11) is 0. The van der Waals surface area contributed by atoms with Crippen molar-refractivity contribution in [3.05, 3.63) is 126 Å². The van der Waals surface area contributed by atoms with Crippen molar-refractivity contribution in [1.82, 2.24) is 0 Å². The van der Waals surface area contributed by atoms with Crippen LogP contribution in [0.3, 0.4) is 0 Å². The lowest BCUT2D eigenvalue weighted by Gasteiger charge is -2.18. The number of fused-ring (bicyclic) bond motifs is 6. The number of aryl methyl sites for hydroxylation is 2. The Balaban J connectivity index is 1.77. The van der Waals surface area contributed by atoms with E-state index in [4.69, 9.17) is 0 Å². The molecular weight excluding hydrogens is 432 g/mol.